The van der Waals surface area contributed by atoms with E-state index < -0.39 is 0 Å². The summed E-state index contributed by atoms with van der Waals surface area (Å²) in [5.41, 5.74) is 7.03. The van der Waals surface area contributed by atoms with Crippen molar-refractivity contribution in [3.63, 3.8) is 0 Å². The third-order valence-corrected chi connectivity index (χ3v) is 4.42. The van der Waals surface area contributed by atoms with Gasteiger partial charge in [0.25, 0.3) is 5.91 Å². The minimum atomic E-state index is 0.0526. The number of nitrogens with zero attached hydrogens (tertiary/aromatic N) is 1. The lowest BCUT2D eigenvalue weighted by atomic mass is 10.1. The minimum absolute atomic E-state index is 0.0526. The predicted molar refractivity (Wildman–Crippen MR) is 79.5 cm³/mol. The maximum atomic E-state index is 12.6. The molecule has 1 amide bonds. The van der Waals surface area contributed by atoms with Gasteiger partial charge in [-0.25, -0.2) is 0 Å². The number of carbonyl (C=O) groups excluding carboxylic acids is 1. The number of hydrogen-bond acceptors (Lipinski definition) is 4. The summed E-state index contributed by atoms with van der Waals surface area (Å²) in [6.07, 6.45) is 1.06. The lowest BCUT2D eigenvalue weighted by Gasteiger charge is -2.28. The zero-order valence-electron chi connectivity index (χ0n) is 11.2. The van der Waals surface area contributed by atoms with E-state index in [1.54, 1.807) is 19.2 Å². The standard InChI is InChI=1S/C14H20N2O2S/c1-18-7-6-16(13-5-8-19-10-13)14(17)11-3-2-4-12(15)9-11/h2-4,9,13H,5-8,10,15H2,1H3. The van der Waals surface area contributed by atoms with E-state index in [1.807, 2.05) is 28.8 Å². The van der Waals surface area contributed by atoms with Gasteiger partial charge in [0, 0.05) is 36.7 Å². The Morgan fingerprint density at radius 3 is 3.05 bits per heavy atom. The van der Waals surface area contributed by atoms with Crippen LogP contribution in [0.5, 0.6) is 0 Å². The van der Waals surface area contributed by atoms with E-state index >= 15 is 0 Å². The van der Waals surface area contributed by atoms with Crippen LogP contribution >= 0.6 is 11.8 Å². The fraction of sp³-hybridized carbons (Fsp3) is 0.500. The average molecular weight is 280 g/mol. The molecule has 1 atom stereocenters. The molecule has 1 unspecified atom stereocenters. The molecule has 1 aromatic carbocycles. The third kappa shape index (κ3) is 3.64. The van der Waals surface area contributed by atoms with Crippen LogP contribution in [0.1, 0.15) is 16.8 Å². The molecule has 0 bridgehead atoms. The van der Waals surface area contributed by atoms with Gasteiger partial charge in [-0.15, -0.1) is 0 Å². The average Bonchev–Trinajstić information content (AvgIpc) is 2.93. The Morgan fingerprint density at radius 1 is 1.58 bits per heavy atom. The second-order valence-electron chi connectivity index (χ2n) is 4.63. The highest BCUT2D eigenvalue weighted by Crippen LogP contribution is 2.24. The molecule has 1 aliphatic heterocycles. The molecule has 104 valence electrons. The van der Waals surface area contributed by atoms with Crippen LogP contribution in [0.2, 0.25) is 0 Å². The van der Waals surface area contributed by atoms with Gasteiger partial charge in [0.05, 0.1) is 6.61 Å². The van der Waals surface area contributed by atoms with Crippen LogP contribution in [0.25, 0.3) is 0 Å². The number of anilines is 1. The third-order valence-electron chi connectivity index (χ3n) is 3.28. The molecule has 1 aromatic rings. The van der Waals surface area contributed by atoms with Crippen LogP contribution < -0.4 is 5.73 Å². The van der Waals surface area contributed by atoms with Crippen molar-refractivity contribution >= 4 is 23.4 Å². The Labute approximate surface area is 118 Å². The van der Waals surface area contributed by atoms with Gasteiger partial charge in [0.15, 0.2) is 0 Å². The number of nitrogens with two attached hydrogens (primary N) is 1. The van der Waals surface area contributed by atoms with Gasteiger partial charge in [0.2, 0.25) is 0 Å². The van der Waals surface area contributed by atoms with Gasteiger partial charge in [-0.3, -0.25) is 4.79 Å². The number of nitrogen functional groups attached to an aromatic ring is 1. The molecule has 0 radical (unpaired) electrons. The largest absolute Gasteiger partial charge is 0.399 e. The summed E-state index contributed by atoms with van der Waals surface area (Å²) in [5.74, 6) is 2.19. The van der Waals surface area contributed by atoms with Crippen LogP contribution in [-0.2, 0) is 4.74 Å². The van der Waals surface area contributed by atoms with Crippen LogP contribution in [-0.4, -0.2) is 48.6 Å². The fourth-order valence-electron chi connectivity index (χ4n) is 2.24. The zero-order chi connectivity index (χ0) is 13.7. The molecular weight excluding hydrogens is 260 g/mol. The van der Waals surface area contributed by atoms with Crippen molar-refractivity contribution in [3.05, 3.63) is 29.8 Å². The molecule has 0 saturated carbocycles. The van der Waals surface area contributed by atoms with E-state index in [2.05, 4.69) is 0 Å². The SMILES string of the molecule is COCCN(C(=O)c1cccc(N)c1)C1CCSC1. The molecule has 19 heavy (non-hydrogen) atoms. The zero-order valence-corrected chi connectivity index (χ0v) is 12.0. The molecule has 0 aliphatic carbocycles. The first-order chi connectivity index (χ1) is 9.22. The van der Waals surface area contributed by atoms with Gasteiger partial charge in [0.1, 0.15) is 0 Å². The Morgan fingerprint density at radius 2 is 2.42 bits per heavy atom. The molecule has 1 fully saturated rings. The van der Waals surface area contributed by atoms with Crippen LogP contribution in [0, 0.1) is 0 Å². The van der Waals surface area contributed by atoms with Crippen molar-refractivity contribution < 1.29 is 9.53 Å². The van der Waals surface area contributed by atoms with Gasteiger partial charge < -0.3 is 15.4 Å². The van der Waals surface area contributed by atoms with E-state index in [0.717, 1.165) is 17.9 Å². The second kappa shape index (κ2) is 6.82. The fourth-order valence-corrected chi connectivity index (χ4v) is 3.47. The maximum absolute atomic E-state index is 12.6. The Kier molecular flexibility index (Phi) is 5.10. The van der Waals surface area contributed by atoms with E-state index in [1.165, 1.54) is 0 Å². The number of hydrogen-bond donors (Lipinski definition) is 1. The normalized spacial score (nSPS) is 18.5. The highest BCUT2D eigenvalue weighted by molar-refractivity contribution is 7.99. The van der Waals surface area contributed by atoms with Crippen molar-refractivity contribution in [3.8, 4) is 0 Å². The van der Waals surface area contributed by atoms with E-state index in [4.69, 9.17) is 10.5 Å². The number of rotatable bonds is 5. The summed E-state index contributed by atoms with van der Waals surface area (Å²) in [6.45, 7) is 1.20. The summed E-state index contributed by atoms with van der Waals surface area (Å²) in [6, 6.07) is 7.49. The topological polar surface area (TPSA) is 55.6 Å². The second-order valence-corrected chi connectivity index (χ2v) is 5.78. The Balaban J connectivity index is 2.14. The summed E-state index contributed by atoms with van der Waals surface area (Å²) < 4.78 is 5.12. The number of thioether (sulfide) groups is 1. The minimum Gasteiger partial charge on any atom is -0.399 e. The van der Waals surface area contributed by atoms with Gasteiger partial charge in [-0.2, -0.15) is 11.8 Å². The van der Waals surface area contributed by atoms with E-state index in [9.17, 15) is 4.79 Å². The summed E-state index contributed by atoms with van der Waals surface area (Å²) in [4.78, 5) is 14.5. The summed E-state index contributed by atoms with van der Waals surface area (Å²) in [7, 11) is 1.66. The number of benzene rings is 1. The number of methoxy groups -OCH3 is 1. The quantitative estimate of drug-likeness (QED) is 0.837. The maximum Gasteiger partial charge on any atom is 0.254 e. The van der Waals surface area contributed by atoms with Crippen molar-refractivity contribution in [2.75, 3.05) is 37.5 Å². The number of ether oxygens (including phenoxy) is 1. The molecule has 1 saturated heterocycles. The monoisotopic (exact) mass is 280 g/mol. The van der Waals surface area contributed by atoms with Crippen LogP contribution in [0.4, 0.5) is 5.69 Å². The molecule has 1 heterocycles. The van der Waals surface area contributed by atoms with Crippen molar-refractivity contribution in [1.29, 1.82) is 0 Å². The Bertz CT molecular complexity index is 433. The molecule has 1 aliphatic rings. The van der Waals surface area contributed by atoms with Crippen molar-refractivity contribution in [1.82, 2.24) is 4.90 Å². The Hall–Kier alpha value is -1.20. The smallest absolute Gasteiger partial charge is 0.254 e. The number of amides is 1. The van der Waals surface area contributed by atoms with Gasteiger partial charge in [-0.05, 0) is 30.4 Å². The molecule has 5 heteroatoms. The van der Waals surface area contributed by atoms with Gasteiger partial charge >= 0.3 is 0 Å². The predicted octanol–water partition coefficient (Wildman–Crippen LogP) is 1.86. The van der Waals surface area contributed by atoms with Crippen molar-refractivity contribution in [2.24, 2.45) is 0 Å². The summed E-state index contributed by atoms with van der Waals surface area (Å²) in [5, 5.41) is 0. The summed E-state index contributed by atoms with van der Waals surface area (Å²) >= 11 is 1.90. The van der Waals surface area contributed by atoms with Crippen molar-refractivity contribution in [2.45, 2.75) is 12.5 Å². The lowest BCUT2D eigenvalue weighted by Crippen LogP contribution is -2.42. The number of carbonyl (C=O) groups is 1. The highest BCUT2D eigenvalue weighted by atomic mass is 32.2. The first kappa shape index (κ1) is 14.2. The molecule has 4 nitrogen and oxygen atoms in total. The highest BCUT2D eigenvalue weighted by Gasteiger charge is 2.27. The van der Waals surface area contributed by atoms with Gasteiger partial charge in [-0.1, -0.05) is 6.07 Å². The molecule has 2 rings (SSSR count). The lowest BCUT2D eigenvalue weighted by molar-refractivity contribution is 0.0625. The molecule has 0 aromatic heterocycles. The van der Waals surface area contributed by atoms with E-state index in [-0.39, 0.29) is 5.91 Å². The molecule has 2 N–H and O–H groups in total. The van der Waals surface area contributed by atoms with Crippen LogP contribution in [0.15, 0.2) is 24.3 Å². The molecule has 0 spiro atoms. The first-order valence-corrected chi connectivity index (χ1v) is 7.61. The molecular formula is C14H20N2O2S. The first-order valence-electron chi connectivity index (χ1n) is 6.45. The van der Waals surface area contributed by atoms with E-state index in [0.29, 0.717) is 30.4 Å². The van der Waals surface area contributed by atoms with Crippen LogP contribution in [0.3, 0.4) is 0 Å².